The van der Waals surface area contributed by atoms with Gasteiger partial charge in [-0.1, -0.05) is 45.4 Å². The maximum absolute atomic E-state index is 14.2. The summed E-state index contributed by atoms with van der Waals surface area (Å²) in [5.41, 5.74) is 0.460. The van der Waals surface area contributed by atoms with Gasteiger partial charge in [0.15, 0.2) is 0 Å². The Hall–Kier alpha value is -0.480. The highest BCUT2D eigenvalue weighted by Crippen LogP contribution is 2.33. The zero-order chi connectivity index (χ0) is 15.2. The van der Waals surface area contributed by atoms with Gasteiger partial charge in [-0.2, -0.15) is 0 Å². The SMILES string of the molecule is CCNC(CC1CCCCCC1)c1cc(F)c(Br)cc1F. The second-order valence-electron chi connectivity index (χ2n) is 5.99. The summed E-state index contributed by atoms with van der Waals surface area (Å²) in [6.07, 6.45) is 8.46. The number of hydrogen-bond donors (Lipinski definition) is 1. The molecule has 2 rings (SSSR count). The standard InChI is InChI=1S/C17H24BrF2N/c1-2-21-17(9-12-7-5-3-4-6-8-12)13-10-16(20)14(18)11-15(13)19/h10-12,17,21H,2-9H2,1H3. The topological polar surface area (TPSA) is 12.0 Å². The molecular formula is C17H24BrF2N. The van der Waals surface area contributed by atoms with Gasteiger partial charge >= 0.3 is 0 Å². The summed E-state index contributed by atoms with van der Waals surface area (Å²) in [6, 6.07) is 2.48. The van der Waals surface area contributed by atoms with E-state index in [0.717, 1.165) is 13.0 Å². The third-order valence-corrected chi connectivity index (χ3v) is 5.02. The number of hydrogen-bond acceptors (Lipinski definition) is 1. The minimum atomic E-state index is -0.393. The Morgan fingerprint density at radius 3 is 2.43 bits per heavy atom. The molecule has 1 aliphatic carbocycles. The Bertz CT molecular complexity index is 456. The van der Waals surface area contributed by atoms with Crippen LogP contribution in [0.15, 0.2) is 16.6 Å². The van der Waals surface area contributed by atoms with Crippen molar-refractivity contribution in [1.82, 2.24) is 5.32 Å². The van der Waals surface area contributed by atoms with Gasteiger partial charge in [0.2, 0.25) is 0 Å². The summed E-state index contributed by atoms with van der Waals surface area (Å²) in [7, 11) is 0. The van der Waals surface area contributed by atoms with Crippen molar-refractivity contribution in [3.63, 3.8) is 0 Å². The molecule has 0 bridgehead atoms. The minimum Gasteiger partial charge on any atom is -0.310 e. The van der Waals surface area contributed by atoms with Crippen LogP contribution in [0, 0.1) is 17.6 Å². The second kappa shape index (κ2) is 8.23. The van der Waals surface area contributed by atoms with Gasteiger partial charge in [0.1, 0.15) is 11.6 Å². The Morgan fingerprint density at radius 2 is 1.81 bits per heavy atom. The summed E-state index contributed by atoms with van der Waals surface area (Å²) in [6.45, 7) is 2.77. The van der Waals surface area contributed by atoms with E-state index in [0.29, 0.717) is 11.5 Å². The first kappa shape index (κ1) is 16.9. The van der Waals surface area contributed by atoms with Crippen molar-refractivity contribution < 1.29 is 8.78 Å². The molecule has 1 atom stereocenters. The number of rotatable bonds is 5. The van der Waals surface area contributed by atoms with Crippen LogP contribution in [0.2, 0.25) is 0 Å². The Kier molecular flexibility index (Phi) is 6.62. The molecule has 21 heavy (non-hydrogen) atoms. The highest BCUT2D eigenvalue weighted by molar-refractivity contribution is 9.10. The fourth-order valence-corrected chi connectivity index (χ4v) is 3.62. The smallest absolute Gasteiger partial charge is 0.137 e. The predicted molar refractivity (Wildman–Crippen MR) is 86.3 cm³/mol. The van der Waals surface area contributed by atoms with Crippen LogP contribution in [0.4, 0.5) is 8.78 Å². The van der Waals surface area contributed by atoms with Crippen LogP contribution in [0.25, 0.3) is 0 Å². The van der Waals surface area contributed by atoms with Crippen molar-refractivity contribution in [3.05, 3.63) is 33.8 Å². The van der Waals surface area contributed by atoms with E-state index >= 15 is 0 Å². The molecule has 1 aromatic carbocycles. The van der Waals surface area contributed by atoms with Crippen molar-refractivity contribution in [1.29, 1.82) is 0 Å². The highest BCUT2D eigenvalue weighted by Gasteiger charge is 2.22. The molecule has 0 radical (unpaired) electrons. The number of benzene rings is 1. The minimum absolute atomic E-state index is 0.0966. The van der Waals surface area contributed by atoms with Gasteiger partial charge in [-0.3, -0.25) is 0 Å². The highest BCUT2D eigenvalue weighted by atomic mass is 79.9. The van der Waals surface area contributed by atoms with Crippen LogP contribution < -0.4 is 5.32 Å². The third kappa shape index (κ3) is 4.75. The van der Waals surface area contributed by atoms with Gasteiger partial charge in [0.25, 0.3) is 0 Å². The zero-order valence-electron chi connectivity index (χ0n) is 12.6. The van der Waals surface area contributed by atoms with E-state index in [9.17, 15) is 8.78 Å². The third-order valence-electron chi connectivity index (χ3n) is 4.41. The summed E-state index contributed by atoms with van der Waals surface area (Å²) >= 11 is 3.04. The second-order valence-corrected chi connectivity index (χ2v) is 6.85. The maximum Gasteiger partial charge on any atom is 0.137 e. The van der Waals surface area contributed by atoms with Crippen LogP contribution in [-0.4, -0.2) is 6.54 Å². The van der Waals surface area contributed by atoms with Gasteiger partial charge in [-0.15, -0.1) is 0 Å². The maximum atomic E-state index is 14.2. The monoisotopic (exact) mass is 359 g/mol. The number of nitrogens with one attached hydrogen (secondary N) is 1. The normalized spacial score (nSPS) is 18.5. The van der Waals surface area contributed by atoms with Crippen LogP contribution in [-0.2, 0) is 0 Å². The van der Waals surface area contributed by atoms with Crippen LogP contribution in [0.3, 0.4) is 0 Å². The lowest BCUT2D eigenvalue weighted by Gasteiger charge is -2.24. The van der Waals surface area contributed by atoms with E-state index in [-0.39, 0.29) is 16.3 Å². The molecule has 118 valence electrons. The summed E-state index contributed by atoms with van der Waals surface area (Å²) in [5.74, 6) is -0.110. The van der Waals surface area contributed by atoms with Gasteiger partial charge in [0.05, 0.1) is 4.47 Å². The molecule has 1 unspecified atom stereocenters. The molecule has 4 heteroatoms. The summed E-state index contributed by atoms with van der Waals surface area (Å²) in [5, 5.41) is 3.33. The quantitative estimate of drug-likeness (QED) is 0.522. The largest absolute Gasteiger partial charge is 0.310 e. The predicted octanol–water partition coefficient (Wildman–Crippen LogP) is 5.74. The van der Waals surface area contributed by atoms with Gasteiger partial charge in [0, 0.05) is 11.6 Å². The molecular weight excluding hydrogens is 336 g/mol. The van der Waals surface area contributed by atoms with Crippen molar-refractivity contribution in [2.24, 2.45) is 5.92 Å². The van der Waals surface area contributed by atoms with Crippen molar-refractivity contribution in [2.75, 3.05) is 6.54 Å². The molecule has 0 heterocycles. The first-order chi connectivity index (χ1) is 10.1. The first-order valence-electron chi connectivity index (χ1n) is 7.99. The van der Waals surface area contributed by atoms with Crippen LogP contribution in [0.5, 0.6) is 0 Å². The molecule has 1 aromatic rings. The van der Waals surface area contributed by atoms with Crippen molar-refractivity contribution in [3.8, 4) is 0 Å². The fourth-order valence-electron chi connectivity index (χ4n) is 3.30. The molecule has 0 amide bonds. The first-order valence-corrected chi connectivity index (χ1v) is 8.79. The number of halogens is 3. The van der Waals surface area contributed by atoms with Gasteiger partial charge < -0.3 is 5.32 Å². The van der Waals surface area contributed by atoms with Gasteiger partial charge in [-0.25, -0.2) is 8.78 Å². The molecule has 1 nitrogen and oxygen atoms in total. The molecule has 0 saturated heterocycles. The summed E-state index contributed by atoms with van der Waals surface area (Å²) < 4.78 is 28.2. The van der Waals surface area contributed by atoms with Crippen molar-refractivity contribution in [2.45, 2.75) is 57.9 Å². The molecule has 1 aliphatic rings. The van der Waals surface area contributed by atoms with E-state index in [1.807, 2.05) is 6.92 Å². The lowest BCUT2D eigenvalue weighted by molar-refractivity contribution is 0.352. The Balaban J connectivity index is 2.15. The average Bonchev–Trinajstić information content (AvgIpc) is 2.71. The van der Waals surface area contributed by atoms with E-state index in [2.05, 4.69) is 21.2 Å². The molecule has 1 fully saturated rings. The molecule has 0 spiro atoms. The van der Waals surface area contributed by atoms with Crippen LogP contribution in [0.1, 0.15) is 63.5 Å². The average molecular weight is 360 g/mol. The fraction of sp³-hybridized carbons (Fsp3) is 0.647. The molecule has 1 N–H and O–H groups in total. The van der Waals surface area contributed by atoms with E-state index < -0.39 is 5.82 Å². The zero-order valence-corrected chi connectivity index (χ0v) is 14.2. The Morgan fingerprint density at radius 1 is 1.14 bits per heavy atom. The van der Waals surface area contributed by atoms with E-state index in [1.165, 1.54) is 50.7 Å². The molecule has 1 saturated carbocycles. The lowest BCUT2D eigenvalue weighted by Crippen LogP contribution is -2.24. The van der Waals surface area contributed by atoms with Crippen LogP contribution >= 0.6 is 15.9 Å². The Labute approximate surface area is 134 Å². The van der Waals surface area contributed by atoms with E-state index in [1.54, 1.807) is 0 Å². The molecule has 0 aliphatic heterocycles. The van der Waals surface area contributed by atoms with Crippen molar-refractivity contribution >= 4 is 15.9 Å². The van der Waals surface area contributed by atoms with Gasteiger partial charge in [-0.05, 0) is 46.9 Å². The molecule has 0 aromatic heterocycles. The lowest BCUT2D eigenvalue weighted by atomic mass is 9.89. The summed E-state index contributed by atoms with van der Waals surface area (Å²) in [4.78, 5) is 0. The van der Waals surface area contributed by atoms with E-state index in [4.69, 9.17) is 0 Å².